The Kier molecular flexibility index (Phi) is 7.63. The number of nitrogens with zero attached hydrogens (tertiary/aromatic N) is 3. The Bertz CT molecular complexity index is 1500. The molecule has 8 nitrogen and oxygen atoms in total. The van der Waals surface area contributed by atoms with Gasteiger partial charge < -0.3 is 20.3 Å². The number of hydrogen-bond donors (Lipinski definition) is 2. The molecule has 1 aliphatic rings. The van der Waals surface area contributed by atoms with E-state index in [1.54, 1.807) is 36.5 Å². The van der Waals surface area contributed by atoms with Crippen LogP contribution in [0.4, 0.5) is 11.4 Å². The third-order valence-corrected chi connectivity index (χ3v) is 6.55. The lowest BCUT2D eigenvalue weighted by molar-refractivity contribution is -0.111. The topological polar surface area (TPSA) is 96.5 Å². The van der Waals surface area contributed by atoms with Crippen molar-refractivity contribution < 1.29 is 14.3 Å². The maximum atomic E-state index is 13.1. The summed E-state index contributed by atoms with van der Waals surface area (Å²) < 4.78 is 5.93. The molecule has 1 aliphatic heterocycles. The number of pyridine rings is 2. The average molecular weight is 520 g/mol. The molecule has 0 atom stereocenters. The molecule has 2 aromatic heterocycles. The van der Waals surface area contributed by atoms with E-state index in [-0.39, 0.29) is 17.4 Å². The predicted molar refractivity (Wildman–Crippen MR) is 153 cm³/mol. The molecular weight excluding hydrogens is 490 g/mol. The Hall–Kier alpha value is -4.98. The van der Waals surface area contributed by atoms with Gasteiger partial charge in [-0.3, -0.25) is 14.6 Å². The van der Waals surface area contributed by atoms with E-state index in [9.17, 15) is 9.59 Å². The molecule has 196 valence electrons. The number of anilines is 2. The minimum atomic E-state index is -0.372. The Morgan fingerprint density at radius 1 is 0.897 bits per heavy atom. The Labute approximate surface area is 227 Å². The highest BCUT2D eigenvalue weighted by Crippen LogP contribution is 2.32. The number of likely N-dealkylation sites (tertiary alicyclic amines) is 1. The fraction of sp³-hybridized carbons (Fsp3) is 0.161. The maximum Gasteiger partial charge on any atom is 0.272 e. The number of carbonyl (C=O) groups excluding carboxylic acids is 2. The maximum absolute atomic E-state index is 13.1. The highest BCUT2D eigenvalue weighted by molar-refractivity contribution is 6.26. The molecule has 39 heavy (non-hydrogen) atoms. The van der Waals surface area contributed by atoms with Crippen molar-refractivity contribution >= 4 is 28.8 Å². The summed E-state index contributed by atoms with van der Waals surface area (Å²) in [5.41, 5.74) is 4.23. The first kappa shape index (κ1) is 25.7. The van der Waals surface area contributed by atoms with Crippen LogP contribution in [-0.4, -0.2) is 46.8 Å². The summed E-state index contributed by atoms with van der Waals surface area (Å²) in [6.45, 7) is 5.57. The number of ether oxygens (including phenoxy) is 1. The van der Waals surface area contributed by atoms with Crippen LogP contribution in [0.1, 0.15) is 28.9 Å². The molecule has 2 N–H and O–H groups in total. The molecule has 0 saturated carbocycles. The number of amides is 2. The lowest BCUT2D eigenvalue weighted by atomic mass is 9.98. The minimum absolute atomic E-state index is 0.0852. The van der Waals surface area contributed by atoms with Gasteiger partial charge in [0, 0.05) is 48.7 Å². The molecule has 3 heterocycles. The van der Waals surface area contributed by atoms with Crippen molar-refractivity contribution in [1.29, 1.82) is 0 Å². The number of para-hydroxylation sites is 1. The number of rotatable bonds is 8. The van der Waals surface area contributed by atoms with Crippen LogP contribution in [0.15, 0.2) is 91.9 Å². The summed E-state index contributed by atoms with van der Waals surface area (Å²) in [5, 5.41) is 5.97. The fourth-order valence-electron chi connectivity index (χ4n) is 4.45. The second-order valence-electron chi connectivity index (χ2n) is 9.20. The smallest absolute Gasteiger partial charge is 0.272 e. The van der Waals surface area contributed by atoms with E-state index in [0.29, 0.717) is 22.7 Å². The van der Waals surface area contributed by atoms with Crippen LogP contribution in [-0.2, 0) is 4.79 Å². The van der Waals surface area contributed by atoms with Crippen molar-refractivity contribution in [1.82, 2.24) is 14.9 Å². The fourth-order valence-corrected chi connectivity index (χ4v) is 4.45. The number of nitrogens with one attached hydrogen (secondary N) is 2. The minimum Gasteiger partial charge on any atom is -0.456 e. The van der Waals surface area contributed by atoms with Crippen molar-refractivity contribution in [2.75, 3.05) is 30.8 Å². The van der Waals surface area contributed by atoms with Gasteiger partial charge in [-0.05, 0) is 60.9 Å². The van der Waals surface area contributed by atoms with E-state index in [1.165, 1.54) is 6.20 Å². The zero-order chi connectivity index (χ0) is 27.2. The first-order valence-electron chi connectivity index (χ1n) is 12.8. The van der Waals surface area contributed by atoms with Crippen molar-refractivity contribution in [3.63, 3.8) is 0 Å². The van der Waals surface area contributed by atoms with Gasteiger partial charge in [0.1, 0.15) is 17.2 Å². The first-order chi connectivity index (χ1) is 19.0. The van der Waals surface area contributed by atoms with Crippen molar-refractivity contribution in [2.24, 2.45) is 0 Å². The van der Waals surface area contributed by atoms with Crippen LogP contribution in [0.2, 0.25) is 0 Å². The zero-order valence-electron chi connectivity index (χ0n) is 21.7. The molecule has 5 rings (SSSR count). The van der Waals surface area contributed by atoms with Crippen LogP contribution >= 0.6 is 0 Å². The van der Waals surface area contributed by atoms with E-state index >= 15 is 0 Å². The van der Waals surface area contributed by atoms with Gasteiger partial charge in [-0.25, -0.2) is 4.98 Å². The number of hydrogen-bond acceptors (Lipinski definition) is 6. The van der Waals surface area contributed by atoms with Crippen molar-refractivity contribution in [3.05, 3.63) is 103 Å². The largest absolute Gasteiger partial charge is 0.456 e. The van der Waals surface area contributed by atoms with Gasteiger partial charge in [-0.1, -0.05) is 30.8 Å². The highest BCUT2D eigenvalue weighted by Gasteiger charge is 2.21. The van der Waals surface area contributed by atoms with E-state index in [2.05, 4.69) is 27.2 Å². The van der Waals surface area contributed by atoms with E-state index in [4.69, 9.17) is 4.74 Å². The van der Waals surface area contributed by atoms with Crippen molar-refractivity contribution in [2.45, 2.75) is 12.8 Å². The SMILES string of the molecule is C=C(C(=O)Nc1ccc(C(=O)N2CCCC2)nc1)c1cc(-c2cncc(Oc3ccccc3)c2)ccc1NC. The second kappa shape index (κ2) is 11.6. The summed E-state index contributed by atoms with van der Waals surface area (Å²) in [6, 6.07) is 20.5. The summed E-state index contributed by atoms with van der Waals surface area (Å²) in [6.07, 6.45) is 6.93. The van der Waals surface area contributed by atoms with Gasteiger partial charge in [0.25, 0.3) is 11.8 Å². The van der Waals surface area contributed by atoms with Crippen LogP contribution < -0.4 is 15.4 Å². The molecule has 0 unspecified atom stereocenters. The number of aromatic nitrogens is 2. The molecule has 4 aromatic rings. The molecule has 2 amide bonds. The van der Waals surface area contributed by atoms with Crippen molar-refractivity contribution in [3.8, 4) is 22.6 Å². The van der Waals surface area contributed by atoms with Crippen LogP contribution in [0.5, 0.6) is 11.5 Å². The quantitative estimate of drug-likeness (QED) is 0.283. The zero-order valence-corrected chi connectivity index (χ0v) is 21.7. The Morgan fingerprint density at radius 3 is 2.41 bits per heavy atom. The van der Waals surface area contributed by atoms with Gasteiger partial charge in [-0.2, -0.15) is 0 Å². The Balaban J connectivity index is 1.32. The molecule has 2 aromatic carbocycles. The van der Waals surface area contributed by atoms with Crippen LogP contribution in [0, 0.1) is 0 Å². The van der Waals surface area contributed by atoms with Gasteiger partial charge in [0.15, 0.2) is 0 Å². The predicted octanol–water partition coefficient (Wildman–Crippen LogP) is 5.87. The molecule has 0 bridgehead atoms. The summed E-state index contributed by atoms with van der Waals surface area (Å²) in [7, 11) is 1.79. The summed E-state index contributed by atoms with van der Waals surface area (Å²) >= 11 is 0. The average Bonchev–Trinajstić information content (AvgIpc) is 3.52. The summed E-state index contributed by atoms with van der Waals surface area (Å²) in [4.78, 5) is 36.1. The number of benzene rings is 2. The van der Waals surface area contributed by atoms with Gasteiger partial charge in [0.2, 0.25) is 0 Å². The van der Waals surface area contributed by atoms with E-state index in [1.807, 2.05) is 54.6 Å². The van der Waals surface area contributed by atoms with Crippen LogP contribution in [0.25, 0.3) is 16.7 Å². The molecular formula is C31H29N5O3. The normalized spacial score (nSPS) is 12.6. The molecule has 0 aliphatic carbocycles. The van der Waals surface area contributed by atoms with E-state index < -0.39 is 0 Å². The molecule has 1 saturated heterocycles. The Morgan fingerprint density at radius 2 is 1.69 bits per heavy atom. The second-order valence-corrected chi connectivity index (χ2v) is 9.20. The van der Waals surface area contributed by atoms with Crippen LogP contribution in [0.3, 0.4) is 0 Å². The summed E-state index contributed by atoms with van der Waals surface area (Å²) in [5.74, 6) is 0.866. The number of carbonyl (C=O) groups is 2. The molecule has 1 fully saturated rings. The molecule has 0 radical (unpaired) electrons. The monoisotopic (exact) mass is 519 g/mol. The standard InChI is InChI=1S/C31H29N5O3/c1-21(30(37)35-24-11-13-29(34-19-24)31(38)36-14-6-7-15-36)27-17-22(10-12-28(27)32-2)23-16-26(20-33-18-23)39-25-8-4-3-5-9-25/h3-5,8-13,16-20,32H,1,6-7,14-15H2,2H3,(H,35,37). The molecule has 0 spiro atoms. The lowest BCUT2D eigenvalue weighted by Gasteiger charge is -2.15. The lowest BCUT2D eigenvalue weighted by Crippen LogP contribution is -2.28. The van der Waals surface area contributed by atoms with Gasteiger partial charge in [-0.15, -0.1) is 0 Å². The van der Waals surface area contributed by atoms with E-state index in [0.717, 1.165) is 48.5 Å². The molecule has 8 heteroatoms. The van der Waals surface area contributed by atoms with Gasteiger partial charge in [0.05, 0.1) is 18.1 Å². The third-order valence-electron chi connectivity index (χ3n) is 6.55. The first-order valence-corrected chi connectivity index (χ1v) is 12.8. The third kappa shape index (κ3) is 5.96. The highest BCUT2D eigenvalue weighted by atomic mass is 16.5. The van der Waals surface area contributed by atoms with Gasteiger partial charge >= 0.3 is 0 Å².